The highest BCUT2D eigenvalue weighted by atomic mass is 32.2. The molecule has 8 heteroatoms. The Balaban J connectivity index is 1.80. The third-order valence-electron chi connectivity index (χ3n) is 2.89. The molecule has 0 spiro atoms. The number of nitrogens with two attached hydrogens (primary N) is 1. The van der Waals surface area contributed by atoms with E-state index in [1.165, 1.54) is 12.1 Å². The van der Waals surface area contributed by atoms with Gasteiger partial charge in [-0.25, -0.2) is 18.4 Å². The van der Waals surface area contributed by atoms with Crippen LogP contribution in [0.2, 0.25) is 0 Å². The minimum atomic E-state index is -3.67. The molecule has 116 valence electrons. The van der Waals surface area contributed by atoms with E-state index in [1.54, 1.807) is 36.7 Å². The molecule has 0 aliphatic carbocycles. The third-order valence-corrected chi connectivity index (χ3v) is 3.82. The number of primary sulfonamides is 1. The van der Waals surface area contributed by atoms with Gasteiger partial charge in [-0.2, -0.15) is 0 Å². The Morgan fingerprint density at radius 1 is 1.09 bits per heavy atom. The number of nitrogens with one attached hydrogen (secondary N) is 2. The number of amides is 2. The fraction of sp³-hybridized carbons (Fsp3) is 0.143. The van der Waals surface area contributed by atoms with Crippen LogP contribution in [-0.2, 0) is 16.4 Å². The Hall–Kier alpha value is -2.45. The van der Waals surface area contributed by atoms with Crippen molar-refractivity contribution in [2.24, 2.45) is 5.14 Å². The smallest absolute Gasteiger partial charge is 0.319 e. The van der Waals surface area contributed by atoms with Crippen LogP contribution in [-0.4, -0.2) is 26.0 Å². The predicted octanol–water partition coefficient (Wildman–Crippen LogP) is 1.09. The van der Waals surface area contributed by atoms with Crippen LogP contribution in [0.15, 0.2) is 53.7 Å². The van der Waals surface area contributed by atoms with E-state index in [4.69, 9.17) is 5.14 Å². The Morgan fingerprint density at radius 3 is 2.32 bits per heavy atom. The number of hydrogen-bond donors (Lipinski definition) is 3. The van der Waals surface area contributed by atoms with Crippen LogP contribution in [0.4, 0.5) is 10.5 Å². The summed E-state index contributed by atoms with van der Waals surface area (Å²) in [5.74, 6) is 0. The second-order valence-corrected chi connectivity index (χ2v) is 6.12. The maximum Gasteiger partial charge on any atom is 0.319 e. The molecule has 2 amide bonds. The number of hydrogen-bond acceptors (Lipinski definition) is 4. The van der Waals surface area contributed by atoms with Gasteiger partial charge in [-0.15, -0.1) is 0 Å². The highest BCUT2D eigenvalue weighted by Gasteiger charge is 2.07. The predicted molar refractivity (Wildman–Crippen MR) is 82.8 cm³/mol. The number of aromatic nitrogens is 1. The Morgan fingerprint density at radius 2 is 1.73 bits per heavy atom. The van der Waals surface area contributed by atoms with Crippen LogP contribution in [0.3, 0.4) is 0 Å². The topological polar surface area (TPSA) is 114 Å². The molecule has 0 atom stereocenters. The quantitative estimate of drug-likeness (QED) is 0.765. The molecule has 22 heavy (non-hydrogen) atoms. The summed E-state index contributed by atoms with van der Waals surface area (Å²) in [6.45, 7) is 0.422. The lowest BCUT2D eigenvalue weighted by atomic mass is 10.1. The standard InChI is InChI=1S/C14H16N4O3S/c15-22(20,21)13-3-1-11(2-4-13)5-10-17-14(19)18-12-6-8-16-9-7-12/h1-4,6-9H,5,10H2,(H2,15,20,21)(H2,16,17,18,19). The summed E-state index contributed by atoms with van der Waals surface area (Å²) in [6.07, 6.45) is 3.75. The van der Waals surface area contributed by atoms with Crippen LogP contribution < -0.4 is 15.8 Å². The zero-order chi connectivity index (χ0) is 16.0. The van der Waals surface area contributed by atoms with Crippen LogP contribution >= 0.6 is 0 Å². The number of anilines is 1. The van der Waals surface area contributed by atoms with Gasteiger partial charge in [0.1, 0.15) is 0 Å². The molecular weight excluding hydrogens is 304 g/mol. The number of urea groups is 1. The molecule has 7 nitrogen and oxygen atoms in total. The van der Waals surface area contributed by atoms with Gasteiger partial charge in [-0.05, 0) is 36.2 Å². The van der Waals surface area contributed by atoms with Crippen molar-refractivity contribution in [3.8, 4) is 0 Å². The summed E-state index contributed by atoms with van der Waals surface area (Å²) in [7, 11) is -3.67. The molecular formula is C14H16N4O3S. The third kappa shape index (κ3) is 4.83. The minimum Gasteiger partial charge on any atom is -0.338 e. The molecule has 0 aliphatic heterocycles. The van der Waals surface area contributed by atoms with Gasteiger partial charge in [-0.1, -0.05) is 12.1 Å². The average Bonchev–Trinajstić information content (AvgIpc) is 2.48. The number of rotatable bonds is 5. The maximum atomic E-state index is 11.6. The SMILES string of the molecule is NS(=O)(=O)c1ccc(CCNC(=O)Nc2ccncc2)cc1. The lowest BCUT2D eigenvalue weighted by Crippen LogP contribution is -2.30. The summed E-state index contributed by atoms with van der Waals surface area (Å²) >= 11 is 0. The van der Waals surface area contributed by atoms with Crippen molar-refractivity contribution in [3.63, 3.8) is 0 Å². The lowest BCUT2D eigenvalue weighted by molar-refractivity contribution is 0.252. The summed E-state index contributed by atoms with van der Waals surface area (Å²) in [6, 6.07) is 9.29. The summed E-state index contributed by atoms with van der Waals surface area (Å²) < 4.78 is 22.3. The molecule has 0 unspecified atom stereocenters. The van der Waals surface area contributed by atoms with E-state index in [1.807, 2.05) is 0 Å². The molecule has 2 aromatic rings. The van der Waals surface area contributed by atoms with Gasteiger partial charge in [0.2, 0.25) is 10.0 Å². The molecule has 2 rings (SSSR count). The highest BCUT2D eigenvalue weighted by molar-refractivity contribution is 7.89. The second-order valence-electron chi connectivity index (χ2n) is 4.56. The van der Waals surface area contributed by atoms with Crippen LogP contribution in [0, 0.1) is 0 Å². The number of carbonyl (C=O) groups excluding carboxylic acids is 1. The monoisotopic (exact) mass is 320 g/mol. The summed E-state index contributed by atoms with van der Waals surface area (Å²) in [4.78, 5) is 15.6. The Bertz CT molecular complexity index is 730. The zero-order valence-electron chi connectivity index (χ0n) is 11.7. The van der Waals surface area contributed by atoms with Crippen LogP contribution in [0.25, 0.3) is 0 Å². The van der Waals surface area contributed by atoms with Crippen molar-refractivity contribution in [1.29, 1.82) is 0 Å². The van der Waals surface area contributed by atoms with Crippen molar-refractivity contribution < 1.29 is 13.2 Å². The molecule has 0 saturated heterocycles. The van der Waals surface area contributed by atoms with Crippen molar-refractivity contribution in [2.45, 2.75) is 11.3 Å². The van der Waals surface area contributed by atoms with E-state index < -0.39 is 10.0 Å². The first-order chi connectivity index (χ1) is 10.4. The van der Waals surface area contributed by atoms with E-state index in [0.717, 1.165) is 5.56 Å². The molecule has 1 aromatic heterocycles. The number of nitrogens with zero attached hydrogens (tertiary/aromatic N) is 1. The van der Waals surface area contributed by atoms with E-state index >= 15 is 0 Å². The number of benzene rings is 1. The summed E-state index contributed by atoms with van der Waals surface area (Å²) in [5, 5.41) is 10.4. The first-order valence-electron chi connectivity index (χ1n) is 6.52. The van der Waals surface area contributed by atoms with Gasteiger partial charge >= 0.3 is 6.03 Å². The van der Waals surface area contributed by atoms with Crippen LogP contribution in [0.5, 0.6) is 0 Å². The fourth-order valence-electron chi connectivity index (χ4n) is 1.78. The lowest BCUT2D eigenvalue weighted by Gasteiger charge is -2.07. The van der Waals surface area contributed by atoms with Gasteiger partial charge in [-0.3, -0.25) is 4.98 Å². The molecule has 0 saturated carbocycles. The van der Waals surface area contributed by atoms with Gasteiger partial charge in [0.25, 0.3) is 0 Å². The molecule has 4 N–H and O–H groups in total. The van der Waals surface area contributed by atoms with Gasteiger partial charge in [0.15, 0.2) is 0 Å². The molecule has 1 aromatic carbocycles. The highest BCUT2D eigenvalue weighted by Crippen LogP contribution is 2.09. The molecule has 0 aliphatic rings. The van der Waals surface area contributed by atoms with Gasteiger partial charge in [0, 0.05) is 24.6 Å². The fourth-order valence-corrected chi connectivity index (χ4v) is 2.29. The van der Waals surface area contributed by atoms with Crippen LogP contribution in [0.1, 0.15) is 5.56 Å². The molecule has 0 bridgehead atoms. The van der Waals surface area contributed by atoms with Crippen molar-refractivity contribution >= 4 is 21.7 Å². The largest absolute Gasteiger partial charge is 0.338 e. The minimum absolute atomic E-state index is 0.0691. The van der Waals surface area contributed by atoms with E-state index in [-0.39, 0.29) is 10.9 Å². The zero-order valence-corrected chi connectivity index (χ0v) is 12.5. The number of carbonyl (C=O) groups is 1. The molecule has 1 heterocycles. The van der Waals surface area contributed by atoms with Crippen molar-refractivity contribution in [3.05, 3.63) is 54.4 Å². The Kier molecular flexibility index (Phi) is 5.08. The molecule has 0 radical (unpaired) electrons. The van der Waals surface area contributed by atoms with E-state index in [0.29, 0.717) is 18.7 Å². The number of sulfonamides is 1. The Labute approximate surface area is 128 Å². The van der Waals surface area contributed by atoms with Gasteiger partial charge in [0.05, 0.1) is 4.90 Å². The van der Waals surface area contributed by atoms with Gasteiger partial charge < -0.3 is 10.6 Å². The van der Waals surface area contributed by atoms with Crippen molar-refractivity contribution in [1.82, 2.24) is 10.3 Å². The molecule has 0 fully saturated rings. The maximum absolute atomic E-state index is 11.6. The first-order valence-corrected chi connectivity index (χ1v) is 8.06. The summed E-state index contributed by atoms with van der Waals surface area (Å²) in [5.41, 5.74) is 1.56. The second kappa shape index (κ2) is 7.01. The normalized spacial score (nSPS) is 11.0. The van der Waals surface area contributed by atoms with E-state index in [9.17, 15) is 13.2 Å². The van der Waals surface area contributed by atoms with E-state index in [2.05, 4.69) is 15.6 Å². The first kappa shape index (κ1) is 15.9. The number of pyridine rings is 1. The van der Waals surface area contributed by atoms with Crippen molar-refractivity contribution in [2.75, 3.05) is 11.9 Å². The average molecular weight is 320 g/mol.